The number of halogens is 2. The fraction of sp³-hybridized carbons (Fsp3) is 0.500. The summed E-state index contributed by atoms with van der Waals surface area (Å²) in [6.45, 7) is 2.55. The molecule has 5 heteroatoms. The van der Waals surface area contributed by atoms with Crippen LogP contribution in [0.25, 0.3) is 0 Å². The molecule has 3 N–H and O–H groups in total. The van der Waals surface area contributed by atoms with Crippen molar-refractivity contribution in [2.24, 2.45) is 5.92 Å². The molecule has 0 aliphatic carbocycles. The van der Waals surface area contributed by atoms with Crippen LogP contribution in [-0.2, 0) is 4.74 Å². The molecule has 1 saturated heterocycles. The lowest BCUT2D eigenvalue weighted by Crippen LogP contribution is -2.10. The van der Waals surface area contributed by atoms with E-state index in [2.05, 4.69) is 21.2 Å². The highest BCUT2D eigenvalue weighted by Crippen LogP contribution is 2.27. The van der Waals surface area contributed by atoms with Gasteiger partial charge in [0.1, 0.15) is 5.82 Å². The van der Waals surface area contributed by atoms with E-state index in [0.717, 1.165) is 38.3 Å². The van der Waals surface area contributed by atoms with Gasteiger partial charge in [-0.2, -0.15) is 0 Å². The lowest BCUT2D eigenvalue weighted by atomic mass is 10.1. The summed E-state index contributed by atoms with van der Waals surface area (Å²) in [7, 11) is 0. The maximum atomic E-state index is 13.2. The molecule has 0 aromatic heterocycles. The van der Waals surface area contributed by atoms with Gasteiger partial charge >= 0.3 is 0 Å². The van der Waals surface area contributed by atoms with Crippen molar-refractivity contribution in [3.8, 4) is 0 Å². The summed E-state index contributed by atoms with van der Waals surface area (Å²) in [4.78, 5) is 0. The van der Waals surface area contributed by atoms with Gasteiger partial charge in [-0.05, 0) is 40.8 Å². The minimum Gasteiger partial charge on any atom is -0.397 e. The van der Waals surface area contributed by atoms with E-state index in [9.17, 15) is 4.39 Å². The van der Waals surface area contributed by atoms with Crippen molar-refractivity contribution in [3.63, 3.8) is 0 Å². The molecule has 1 aliphatic rings. The summed E-state index contributed by atoms with van der Waals surface area (Å²) in [6, 6.07) is 3.00. The second kappa shape index (κ2) is 5.69. The Morgan fingerprint density at radius 2 is 2.35 bits per heavy atom. The Hall–Kier alpha value is -0.810. The van der Waals surface area contributed by atoms with Crippen molar-refractivity contribution < 1.29 is 9.13 Å². The van der Waals surface area contributed by atoms with Crippen LogP contribution < -0.4 is 11.1 Å². The summed E-state index contributed by atoms with van der Waals surface area (Å²) in [5.41, 5.74) is 6.95. The van der Waals surface area contributed by atoms with Crippen molar-refractivity contribution in [2.45, 2.75) is 12.8 Å². The number of benzene rings is 1. The van der Waals surface area contributed by atoms with E-state index in [1.54, 1.807) is 6.07 Å². The van der Waals surface area contributed by atoms with Crippen molar-refractivity contribution >= 4 is 27.3 Å². The maximum absolute atomic E-state index is 13.2. The summed E-state index contributed by atoms with van der Waals surface area (Å²) in [5.74, 6) is 0.296. The van der Waals surface area contributed by atoms with E-state index < -0.39 is 0 Å². The minimum atomic E-state index is -0.336. The lowest BCUT2D eigenvalue weighted by molar-refractivity contribution is 0.185. The maximum Gasteiger partial charge on any atom is 0.139 e. The summed E-state index contributed by atoms with van der Waals surface area (Å²) in [6.07, 6.45) is 2.18. The summed E-state index contributed by atoms with van der Waals surface area (Å²) >= 11 is 3.15. The van der Waals surface area contributed by atoms with Crippen LogP contribution >= 0.6 is 15.9 Å². The van der Waals surface area contributed by atoms with E-state index in [-0.39, 0.29) is 5.82 Å². The molecule has 1 aliphatic heterocycles. The van der Waals surface area contributed by atoms with Gasteiger partial charge in [-0.3, -0.25) is 0 Å². The molecule has 0 bridgehead atoms. The van der Waals surface area contributed by atoms with Crippen LogP contribution in [0.5, 0.6) is 0 Å². The summed E-state index contributed by atoms with van der Waals surface area (Å²) < 4.78 is 18.9. The van der Waals surface area contributed by atoms with Crippen molar-refractivity contribution in [1.82, 2.24) is 0 Å². The zero-order valence-electron chi connectivity index (χ0n) is 9.51. The van der Waals surface area contributed by atoms with E-state index in [1.165, 1.54) is 6.07 Å². The second-order valence-corrected chi connectivity index (χ2v) is 5.15. The van der Waals surface area contributed by atoms with Gasteiger partial charge in [-0.25, -0.2) is 4.39 Å². The van der Waals surface area contributed by atoms with Gasteiger partial charge in [-0.15, -0.1) is 0 Å². The number of nitrogens with one attached hydrogen (secondary N) is 1. The fourth-order valence-electron chi connectivity index (χ4n) is 1.94. The molecule has 1 aromatic rings. The first-order valence-corrected chi connectivity index (χ1v) is 6.52. The normalized spacial score (nSPS) is 19.5. The predicted octanol–water partition coefficient (Wildman–Crippen LogP) is 3.01. The number of anilines is 2. The average molecular weight is 303 g/mol. The monoisotopic (exact) mass is 302 g/mol. The molecule has 3 nitrogen and oxygen atoms in total. The smallest absolute Gasteiger partial charge is 0.139 e. The number of hydrogen-bond donors (Lipinski definition) is 2. The Labute approximate surface area is 109 Å². The van der Waals surface area contributed by atoms with Crippen LogP contribution in [0.1, 0.15) is 12.8 Å². The van der Waals surface area contributed by atoms with Crippen LogP contribution in [0.15, 0.2) is 16.6 Å². The number of rotatable bonds is 4. The van der Waals surface area contributed by atoms with Crippen LogP contribution in [0.4, 0.5) is 15.8 Å². The number of nitrogens with two attached hydrogens (primary N) is 1. The molecular weight excluding hydrogens is 287 g/mol. The van der Waals surface area contributed by atoms with Gasteiger partial charge < -0.3 is 15.8 Å². The van der Waals surface area contributed by atoms with E-state index in [4.69, 9.17) is 10.5 Å². The van der Waals surface area contributed by atoms with E-state index in [1.807, 2.05) is 0 Å². The van der Waals surface area contributed by atoms with Gasteiger partial charge in [-0.1, -0.05) is 0 Å². The first-order valence-electron chi connectivity index (χ1n) is 5.73. The van der Waals surface area contributed by atoms with Gasteiger partial charge in [0.15, 0.2) is 0 Å². The van der Waals surface area contributed by atoms with Crippen LogP contribution in [0.3, 0.4) is 0 Å². The largest absolute Gasteiger partial charge is 0.397 e. The third-order valence-electron chi connectivity index (χ3n) is 2.98. The molecule has 0 saturated carbocycles. The molecule has 1 aromatic carbocycles. The summed E-state index contributed by atoms with van der Waals surface area (Å²) in [5, 5.41) is 3.23. The molecule has 1 heterocycles. The molecule has 0 spiro atoms. The molecule has 94 valence electrons. The molecule has 0 amide bonds. The highest BCUT2D eigenvalue weighted by Gasteiger charge is 2.15. The number of ether oxygens (including phenoxy) is 1. The van der Waals surface area contributed by atoms with Gasteiger partial charge in [0.05, 0.1) is 15.8 Å². The van der Waals surface area contributed by atoms with Gasteiger partial charge in [0.2, 0.25) is 0 Å². The standard InChI is InChI=1S/C12H16BrFN2O/c13-9-5-12(11(15)6-10(9)14)16-3-1-8-2-4-17-7-8/h5-6,8,16H,1-4,7,15H2. The van der Waals surface area contributed by atoms with Gasteiger partial charge in [0, 0.05) is 25.8 Å². The lowest BCUT2D eigenvalue weighted by Gasteiger charge is -2.12. The van der Waals surface area contributed by atoms with E-state index >= 15 is 0 Å². The Morgan fingerprint density at radius 1 is 1.53 bits per heavy atom. The molecule has 2 rings (SSSR count). The Kier molecular flexibility index (Phi) is 4.23. The zero-order valence-corrected chi connectivity index (χ0v) is 11.1. The fourth-order valence-corrected chi connectivity index (χ4v) is 2.28. The predicted molar refractivity (Wildman–Crippen MR) is 70.5 cm³/mol. The van der Waals surface area contributed by atoms with Crippen LogP contribution in [0, 0.1) is 11.7 Å². The van der Waals surface area contributed by atoms with Crippen molar-refractivity contribution in [2.75, 3.05) is 30.8 Å². The van der Waals surface area contributed by atoms with Crippen LogP contribution in [-0.4, -0.2) is 19.8 Å². The first kappa shape index (κ1) is 12.6. The molecular formula is C12H16BrFN2O. The molecule has 17 heavy (non-hydrogen) atoms. The SMILES string of the molecule is Nc1cc(F)c(Br)cc1NCCC1CCOC1. The van der Waals surface area contributed by atoms with Crippen molar-refractivity contribution in [3.05, 3.63) is 22.4 Å². The van der Waals surface area contributed by atoms with Gasteiger partial charge in [0.25, 0.3) is 0 Å². The highest BCUT2D eigenvalue weighted by atomic mass is 79.9. The van der Waals surface area contributed by atoms with E-state index in [0.29, 0.717) is 16.1 Å². The first-order chi connectivity index (χ1) is 8.16. The number of nitrogen functional groups attached to an aromatic ring is 1. The second-order valence-electron chi connectivity index (χ2n) is 4.30. The molecule has 1 unspecified atom stereocenters. The quantitative estimate of drug-likeness (QED) is 0.841. The number of hydrogen-bond acceptors (Lipinski definition) is 3. The third kappa shape index (κ3) is 3.33. The zero-order chi connectivity index (χ0) is 12.3. The Bertz CT molecular complexity index is 394. The van der Waals surface area contributed by atoms with Crippen molar-refractivity contribution in [1.29, 1.82) is 0 Å². The molecule has 0 radical (unpaired) electrons. The molecule has 1 atom stereocenters. The third-order valence-corrected chi connectivity index (χ3v) is 3.59. The Morgan fingerprint density at radius 3 is 3.06 bits per heavy atom. The highest BCUT2D eigenvalue weighted by molar-refractivity contribution is 9.10. The van der Waals surface area contributed by atoms with Crippen LogP contribution in [0.2, 0.25) is 0 Å². The average Bonchev–Trinajstić information content (AvgIpc) is 2.78. The topological polar surface area (TPSA) is 47.3 Å². The Balaban J connectivity index is 1.87. The minimum absolute atomic E-state index is 0.336. The molecule has 1 fully saturated rings.